The predicted molar refractivity (Wildman–Crippen MR) is 56.0 cm³/mol. The largest absolute Gasteiger partial charge is 0.412 e. The fourth-order valence-corrected chi connectivity index (χ4v) is 1.35. The molecule has 0 saturated heterocycles. The first-order valence-electron chi connectivity index (χ1n) is 4.85. The van der Waals surface area contributed by atoms with Crippen LogP contribution in [0.1, 0.15) is 12.5 Å². The van der Waals surface area contributed by atoms with Gasteiger partial charge < -0.3 is 5.11 Å². The number of halogens is 3. The normalized spacial score (nSPS) is 13.6. The molecule has 0 spiro atoms. The summed E-state index contributed by atoms with van der Waals surface area (Å²) in [5.41, 5.74) is 0.0627. The second-order valence-corrected chi connectivity index (χ2v) is 3.55. The molecule has 4 heteroatoms. The number of allylic oxidation sites excluding steroid dienone is 1. The highest BCUT2D eigenvalue weighted by Crippen LogP contribution is 2.28. The Morgan fingerprint density at radius 3 is 2.19 bits per heavy atom. The van der Waals surface area contributed by atoms with E-state index in [0.717, 1.165) is 12.5 Å². The van der Waals surface area contributed by atoms with Crippen molar-refractivity contribution < 1.29 is 18.3 Å². The van der Waals surface area contributed by atoms with Gasteiger partial charge in [0.25, 0.3) is 0 Å². The molecule has 0 radical (unpaired) electrons. The van der Waals surface area contributed by atoms with Crippen molar-refractivity contribution >= 4 is 0 Å². The highest BCUT2D eigenvalue weighted by Gasteiger charge is 2.32. The minimum Gasteiger partial charge on any atom is -0.392 e. The van der Waals surface area contributed by atoms with Crippen molar-refractivity contribution in [3.8, 4) is 0 Å². The molecule has 0 aromatic heterocycles. The zero-order chi connectivity index (χ0) is 12.2. The Labute approximate surface area is 92.2 Å². The Morgan fingerprint density at radius 1 is 1.19 bits per heavy atom. The van der Waals surface area contributed by atoms with Gasteiger partial charge in [-0.1, -0.05) is 30.3 Å². The molecule has 1 nitrogen and oxygen atoms in total. The highest BCUT2D eigenvalue weighted by molar-refractivity contribution is 5.26. The maximum Gasteiger partial charge on any atom is 0.412 e. The molecule has 88 valence electrons. The van der Waals surface area contributed by atoms with Crippen molar-refractivity contribution in [2.24, 2.45) is 0 Å². The summed E-state index contributed by atoms with van der Waals surface area (Å²) in [5.74, 6) is 0. The third kappa shape index (κ3) is 3.38. The SMILES string of the molecule is C/C(=C(\CO)Cc1ccccc1)C(F)(F)F. The number of alkyl halides is 3. The topological polar surface area (TPSA) is 20.2 Å². The standard InChI is InChI=1S/C12H13F3O/c1-9(12(13,14)15)11(8-16)7-10-5-3-2-4-6-10/h2-6,16H,7-8H2,1H3/b11-9+. The van der Waals surface area contributed by atoms with Crippen LogP contribution in [0.3, 0.4) is 0 Å². The first kappa shape index (κ1) is 12.8. The Balaban J connectivity index is 2.93. The molecule has 16 heavy (non-hydrogen) atoms. The lowest BCUT2D eigenvalue weighted by Gasteiger charge is -2.13. The van der Waals surface area contributed by atoms with E-state index in [4.69, 9.17) is 5.11 Å². The van der Waals surface area contributed by atoms with Crippen molar-refractivity contribution in [2.45, 2.75) is 19.5 Å². The minimum atomic E-state index is -4.37. The van der Waals surface area contributed by atoms with Crippen LogP contribution in [0.15, 0.2) is 41.5 Å². The van der Waals surface area contributed by atoms with Crippen LogP contribution in [0.2, 0.25) is 0 Å². The van der Waals surface area contributed by atoms with E-state index in [0.29, 0.717) is 0 Å². The van der Waals surface area contributed by atoms with E-state index in [2.05, 4.69) is 0 Å². The fraction of sp³-hybridized carbons (Fsp3) is 0.333. The second kappa shape index (κ2) is 5.16. The van der Waals surface area contributed by atoms with Gasteiger partial charge in [-0.3, -0.25) is 0 Å². The van der Waals surface area contributed by atoms with Gasteiger partial charge in [-0.15, -0.1) is 0 Å². The first-order valence-corrected chi connectivity index (χ1v) is 4.85. The van der Waals surface area contributed by atoms with Gasteiger partial charge in [-0.2, -0.15) is 13.2 Å². The average molecular weight is 230 g/mol. The molecular formula is C12H13F3O. The van der Waals surface area contributed by atoms with Gasteiger partial charge in [0.1, 0.15) is 0 Å². The predicted octanol–water partition coefficient (Wildman–Crippen LogP) is 3.10. The van der Waals surface area contributed by atoms with E-state index in [1.807, 2.05) is 0 Å². The van der Waals surface area contributed by atoms with Crippen LogP contribution in [0.4, 0.5) is 13.2 Å². The molecule has 1 N–H and O–H groups in total. The highest BCUT2D eigenvalue weighted by atomic mass is 19.4. The van der Waals surface area contributed by atoms with E-state index in [9.17, 15) is 13.2 Å². The summed E-state index contributed by atoms with van der Waals surface area (Å²) in [6.45, 7) is 0.425. The molecule has 0 aliphatic heterocycles. The number of hydrogen-bond donors (Lipinski definition) is 1. The van der Waals surface area contributed by atoms with Gasteiger partial charge in [0.05, 0.1) is 6.61 Å². The number of aliphatic hydroxyl groups excluding tert-OH is 1. The quantitative estimate of drug-likeness (QED) is 0.791. The van der Waals surface area contributed by atoms with Gasteiger partial charge in [0.15, 0.2) is 0 Å². The van der Waals surface area contributed by atoms with Gasteiger partial charge in [0.2, 0.25) is 0 Å². The van der Waals surface area contributed by atoms with Gasteiger partial charge >= 0.3 is 6.18 Å². The Hall–Kier alpha value is -1.29. The Bertz CT molecular complexity index is 366. The molecule has 1 aromatic rings. The molecule has 0 unspecified atom stereocenters. The summed E-state index contributed by atoms with van der Waals surface area (Å²) >= 11 is 0. The van der Waals surface area contributed by atoms with Crippen molar-refractivity contribution in [3.63, 3.8) is 0 Å². The van der Waals surface area contributed by atoms with Crippen molar-refractivity contribution in [1.82, 2.24) is 0 Å². The van der Waals surface area contributed by atoms with Crippen LogP contribution < -0.4 is 0 Å². The molecule has 0 aliphatic carbocycles. The third-order valence-electron chi connectivity index (χ3n) is 2.41. The van der Waals surface area contributed by atoms with Gasteiger partial charge in [0, 0.05) is 5.57 Å². The summed E-state index contributed by atoms with van der Waals surface area (Å²) in [7, 11) is 0. The molecule has 1 rings (SSSR count). The van der Waals surface area contributed by atoms with E-state index in [1.165, 1.54) is 0 Å². The van der Waals surface area contributed by atoms with E-state index >= 15 is 0 Å². The van der Waals surface area contributed by atoms with Gasteiger partial charge in [-0.25, -0.2) is 0 Å². The molecule has 0 bridgehead atoms. The molecule has 0 aliphatic rings. The molecule has 0 amide bonds. The lowest BCUT2D eigenvalue weighted by molar-refractivity contribution is -0.0927. The molecule has 1 aromatic carbocycles. The monoisotopic (exact) mass is 230 g/mol. The molecule has 0 saturated carbocycles. The van der Waals surface area contributed by atoms with Crippen LogP contribution in [0.5, 0.6) is 0 Å². The molecule has 0 fully saturated rings. The summed E-state index contributed by atoms with van der Waals surface area (Å²) in [5, 5.41) is 8.96. The van der Waals surface area contributed by atoms with Crippen LogP contribution in [-0.4, -0.2) is 17.9 Å². The fourth-order valence-electron chi connectivity index (χ4n) is 1.35. The van der Waals surface area contributed by atoms with E-state index in [1.54, 1.807) is 30.3 Å². The van der Waals surface area contributed by atoms with Crippen LogP contribution in [-0.2, 0) is 6.42 Å². The van der Waals surface area contributed by atoms with Crippen molar-refractivity contribution in [3.05, 3.63) is 47.0 Å². The lowest BCUT2D eigenvalue weighted by atomic mass is 10.0. The first-order chi connectivity index (χ1) is 7.45. The van der Waals surface area contributed by atoms with Crippen LogP contribution in [0.25, 0.3) is 0 Å². The summed E-state index contributed by atoms with van der Waals surface area (Å²) < 4.78 is 37.3. The van der Waals surface area contributed by atoms with Gasteiger partial charge in [-0.05, 0) is 24.5 Å². The molecular weight excluding hydrogens is 217 g/mol. The maximum absolute atomic E-state index is 12.4. The lowest BCUT2D eigenvalue weighted by Crippen LogP contribution is -2.14. The number of hydrogen-bond acceptors (Lipinski definition) is 1. The number of benzene rings is 1. The number of rotatable bonds is 3. The average Bonchev–Trinajstić information content (AvgIpc) is 2.25. The maximum atomic E-state index is 12.4. The van der Waals surface area contributed by atoms with Crippen molar-refractivity contribution in [1.29, 1.82) is 0 Å². The second-order valence-electron chi connectivity index (χ2n) is 3.55. The Morgan fingerprint density at radius 2 is 1.75 bits per heavy atom. The summed E-state index contributed by atoms with van der Waals surface area (Å²) in [4.78, 5) is 0. The Kier molecular flexibility index (Phi) is 4.12. The van der Waals surface area contributed by atoms with Crippen LogP contribution in [0, 0.1) is 0 Å². The summed E-state index contributed by atoms with van der Waals surface area (Å²) in [6, 6.07) is 8.78. The smallest absolute Gasteiger partial charge is 0.392 e. The van der Waals surface area contributed by atoms with Crippen molar-refractivity contribution in [2.75, 3.05) is 6.61 Å². The van der Waals surface area contributed by atoms with Crippen LogP contribution >= 0.6 is 0 Å². The zero-order valence-electron chi connectivity index (χ0n) is 8.88. The number of aliphatic hydroxyl groups is 1. The molecule has 0 atom stereocenters. The summed E-state index contributed by atoms with van der Waals surface area (Å²) in [6.07, 6.45) is -4.24. The minimum absolute atomic E-state index is 0.0127. The molecule has 0 heterocycles. The van der Waals surface area contributed by atoms with E-state index < -0.39 is 18.4 Å². The van der Waals surface area contributed by atoms with E-state index in [-0.39, 0.29) is 12.0 Å². The zero-order valence-corrected chi connectivity index (χ0v) is 8.88. The third-order valence-corrected chi connectivity index (χ3v) is 2.41.